The molecule has 0 radical (unpaired) electrons. The maximum Gasteiger partial charge on any atom is 0.310 e. The van der Waals surface area contributed by atoms with Gasteiger partial charge in [-0.05, 0) is 12.1 Å². The molecule has 1 aliphatic heterocycles. The predicted octanol–water partition coefficient (Wildman–Crippen LogP) is 0.546. The van der Waals surface area contributed by atoms with E-state index in [1.807, 2.05) is 29.2 Å². The van der Waals surface area contributed by atoms with Crippen LogP contribution < -0.4 is 4.90 Å². The van der Waals surface area contributed by atoms with Crippen LogP contribution in [0, 0.1) is 5.92 Å². The predicted molar refractivity (Wildman–Crippen MR) is 60.7 cm³/mol. The van der Waals surface area contributed by atoms with Gasteiger partial charge in [0.15, 0.2) is 0 Å². The van der Waals surface area contributed by atoms with Crippen molar-refractivity contribution in [3.05, 3.63) is 24.3 Å². The highest BCUT2D eigenvalue weighted by atomic mass is 16.4. The highest BCUT2D eigenvalue weighted by Crippen LogP contribution is 2.21. The van der Waals surface area contributed by atoms with Gasteiger partial charge in [-0.3, -0.25) is 4.79 Å². The number of rotatable bonds is 2. The molecule has 1 aromatic carbocycles. The lowest BCUT2D eigenvalue weighted by Gasteiger charge is -2.36. The summed E-state index contributed by atoms with van der Waals surface area (Å²) in [5, 5.41) is 16.8. The van der Waals surface area contributed by atoms with Crippen molar-refractivity contribution in [3.8, 4) is 0 Å². The maximum absolute atomic E-state index is 10.7. The Morgan fingerprint density at radius 3 is 2.65 bits per heavy atom. The van der Waals surface area contributed by atoms with Gasteiger partial charge >= 0.3 is 5.97 Å². The zero-order valence-electron chi connectivity index (χ0n) is 8.95. The summed E-state index contributed by atoms with van der Waals surface area (Å²) < 4.78 is 0. The van der Waals surface area contributed by atoms with Crippen molar-refractivity contribution in [1.82, 2.24) is 15.2 Å². The first-order valence-electron chi connectivity index (χ1n) is 5.31. The molecule has 86 valence electrons. The van der Waals surface area contributed by atoms with Crippen LogP contribution in [-0.4, -0.2) is 39.3 Å². The number of fused-ring (bicyclic) bond motifs is 1. The lowest BCUT2D eigenvalue weighted by molar-refractivity contribution is -0.142. The largest absolute Gasteiger partial charge is 0.481 e. The van der Waals surface area contributed by atoms with Crippen LogP contribution >= 0.6 is 0 Å². The number of hydrogen-bond acceptors (Lipinski definition) is 5. The van der Waals surface area contributed by atoms with Crippen molar-refractivity contribution in [2.75, 3.05) is 18.0 Å². The van der Waals surface area contributed by atoms with Crippen LogP contribution in [0.15, 0.2) is 24.3 Å². The molecule has 1 N–H and O–H groups in total. The summed E-state index contributed by atoms with van der Waals surface area (Å²) in [7, 11) is 0. The molecule has 0 unspecified atom stereocenters. The SMILES string of the molecule is O=C(O)C1CN(c2nnc3ccccc3n2)C1. The van der Waals surface area contributed by atoms with Crippen LogP contribution in [0.3, 0.4) is 0 Å². The second kappa shape index (κ2) is 3.65. The first-order chi connectivity index (χ1) is 8.24. The second-order valence-electron chi connectivity index (χ2n) is 4.04. The quantitative estimate of drug-likeness (QED) is 0.811. The summed E-state index contributed by atoms with van der Waals surface area (Å²) in [4.78, 5) is 16.9. The number of benzene rings is 1. The summed E-state index contributed by atoms with van der Waals surface area (Å²) >= 11 is 0. The molecule has 0 amide bonds. The minimum atomic E-state index is -0.769. The van der Waals surface area contributed by atoms with Gasteiger partial charge in [-0.15, -0.1) is 10.2 Å². The molecule has 0 atom stereocenters. The van der Waals surface area contributed by atoms with Crippen molar-refractivity contribution in [3.63, 3.8) is 0 Å². The van der Waals surface area contributed by atoms with E-state index in [1.165, 1.54) is 0 Å². The first-order valence-corrected chi connectivity index (χ1v) is 5.31. The first kappa shape index (κ1) is 9.95. The van der Waals surface area contributed by atoms with E-state index in [4.69, 9.17) is 5.11 Å². The zero-order chi connectivity index (χ0) is 11.8. The summed E-state index contributed by atoms with van der Waals surface area (Å²) in [5.41, 5.74) is 1.52. The third kappa shape index (κ3) is 1.67. The molecule has 6 heteroatoms. The Balaban J connectivity index is 1.85. The monoisotopic (exact) mass is 230 g/mol. The van der Waals surface area contributed by atoms with E-state index in [-0.39, 0.29) is 5.92 Å². The number of anilines is 1. The second-order valence-corrected chi connectivity index (χ2v) is 4.04. The molecule has 2 heterocycles. The van der Waals surface area contributed by atoms with E-state index >= 15 is 0 Å². The fourth-order valence-corrected chi connectivity index (χ4v) is 1.80. The van der Waals surface area contributed by atoms with Crippen LogP contribution in [0.25, 0.3) is 11.0 Å². The van der Waals surface area contributed by atoms with Crippen molar-refractivity contribution < 1.29 is 9.90 Å². The third-order valence-electron chi connectivity index (χ3n) is 2.86. The van der Waals surface area contributed by atoms with Gasteiger partial charge in [0.1, 0.15) is 5.52 Å². The van der Waals surface area contributed by atoms with Crippen molar-refractivity contribution >= 4 is 23.0 Å². The third-order valence-corrected chi connectivity index (χ3v) is 2.86. The molecular weight excluding hydrogens is 220 g/mol. The van der Waals surface area contributed by atoms with Gasteiger partial charge in [0, 0.05) is 13.1 Å². The fourth-order valence-electron chi connectivity index (χ4n) is 1.80. The Hall–Kier alpha value is -2.24. The van der Waals surface area contributed by atoms with Gasteiger partial charge in [-0.1, -0.05) is 12.1 Å². The van der Waals surface area contributed by atoms with Crippen LogP contribution in [0.4, 0.5) is 5.95 Å². The molecule has 1 saturated heterocycles. The molecule has 0 saturated carbocycles. The number of nitrogens with zero attached hydrogens (tertiary/aromatic N) is 4. The summed E-state index contributed by atoms with van der Waals surface area (Å²) in [6, 6.07) is 7.47. The Bertz CT molecular complexity index is 580. The number of aliphatic carboxylic acids is 1. The summed E-state index contributed by atoms with van der Waals surface area (Å²) in [5.74, 6) is -0.582. The molecule has 1 aliphatic rings. The number of para-hydroxylation sites is 1. The minimum Gasteiger partial charge on any atom is -0.481 e. The van der Waals surface area contributed by atoms with Gasteiger partial charge in [0.05, 0.1) is 11.4 Å². The van der Waals surface area contributed by atoms with Crippen molar-refractivity contribution in [2.45, 2.75) is 0 Å². The Morgan fingerprint density at radius 1 is 1.24 bits per heavy atom. The minimum absolute atomic E-state index is 0.315. The Morgan fingerprint density at radius 2 is 1.94 bits per heavy atom. The highest BCUT2D eigenvalue weighted by molar-refractivity contribution is 5.76. The maximum atomic E-state index is 10.7. The molecule has 1 aromatic heterocycles. The van der Waals surface area contributed by atoms with E-state index in [0.717, 1.165) is 11.0 Å². The molecule has 1 fully saturated rings. The van der Waals surface area contributed by atoms with E-state index in [2.05, 4.69) is 15.2 Å². The molecule has 3 rings (SSSR count). The van der Waals surface area contributed by atoms with Gasteiger partial charge in [-0.25, -0.2) is 4.98 Å². The lowest BCUT2D eigenvalue weighted by Crippen LogP contribution is -2.51. The van der Waals surface area contributed by atoms with E-state index in [1.54, 1.807) is 0 Å². The average Bonchev–Trinajstić information content (AvgIpc) is 2.26. The molecule has 0 aliphatic carbocycles. The number of carboxylic acids is 1. The lowest BCUT2D eigenvalue weighted by atomic mass is 10.0. The van der Waals surface area contributed by atoms with Gasteiger partial charge in [0.25, 0.3) is 0 Å². The number of carboxylic acid groups (broad SMARTS) is 1. The van der Waals surface area contributed by atoms with Crippen LogP contribution in [0.1, 0.15) is 0 Å². The van der Waals surface area contributed by atoms with Crippen LogP contribution in [0.2, 0.25) is 0 Å². The van der Waals surface area contributed by atoms with Crippen molar-refractivity contribution in [2.24, 2.45) is 5.92 Å². The van der Waals surface area contributed by atoms with Gasteiger partial charge in [-0.2, -0.15) is 0 Å². The highest BCUT2D eigenvalue weighted by Gasteiger charge is 2.34. The van der Waals surface area contributed by atoms with Crippen LogP contribution in [0.5, 0.6) is 0 Å². The molecule has 0 bridgehead atoms. The molecular formula is C11H10N4O2. The Labute approximate surface area is 96.9 Å². The topological polar surface area (TPSA) is 79.2 Å². The molecule has 2 aromatic rings. The van der Waals surface area contributed by atoms with Gasteiger partial charge in [0.2, 0.25) is 5.95 Å². The standard InChI is InChI=1S/C11H10N4O2/c16-10(17)7-5-15(6-7)11-12-8-3-1-2-4-9(8)13-14-11/h1-4,7H,5-6H2,(H,16,17). The van der Waals surface area contributed by atoms with Gasteiger partial charge < -0.3 is 10.0 Å². The smallest absolute Gasteiger partial charge is 0.310 e. The van der Waals surface area contributed by atoms with E-state index in [9.17, 15) is 4.79 Å². The fraction of sp³-hybridized carbons (Fsp3) is 0.273. The summed E-state index contributed by atoms with van der Waals surface area (Å²) in [6.45, 7) is 0.907. The van der Waals surface area contributed by atoms with E-state index < -0.39 is 5.97 Å². The van der Waals surface area contributed by atoms with Crippen LogP contribution in [-0.2, 0) is 4.79 Å². The number of hydrogen-bond donors (Lipinski definition) is 1. The molecule has 6 nitrogen and oxygen atoms in total. The van der Waals surface area contributed by atoms with Crippen molar-refractivity contribution in [1.29, 1.82) is 0 Å². The molecule has 0 spiro atoms. The average molecular weight is 230 g/mol. The number of aromatic nitrogens is 3. The normalized spacial score (nSPS) is 15.9. The summed E-state index contributed by atoms with van der Waals surface area (Å²) in [6.07, 6.45) is 0. The van der Waals surface area contributed by atoms with E-state index in [0.29, 0.717) is 19.0 Å². The number of carbonyl (C=O) groups is 1. The molecule has 17 heavy (non-hydrogen) atoms. The zero-order valence-corrected chi connectivity index (χ0v) is 8.95. The Kier molecular flexibility index (Phi) is 2.14.